The number of nitrogens with zero attached hydrogens (tertiary/aromatic N) is 1. The largest absolute Gasteiger partial charge is 0.445 e. The molecule has 1 heterocycles. The number of alkyl carbamates (subject to hydrolysis) is 1. The number of halogens is 2. The number of nitrogens with one attached hydrogen (secondary N) is 2. The van der Waals surface area contributed by atoms with E-state index in [1.807, 2.05) is 30.3 Å². The second kappa shape index (κ2) is 9.12. The van der Waals surface area contributed by atoms with Crippen molar-refractivity contribution in [1.29, 1.82) is 0 Å². The first kappa shape index (κ1) is 20.8. The molecule has 2 aromatic rings. The van der Waals surface area contributed by atoms with E-state index in [1.165, 1.54) is 12.1 Å². The first-order valence-electron chi connectivity index (χ1n) is 10.1. The third-order valence-corrected chi connectivity index (χ3v) is 6.13. The molecule has 4 rings (SSSR count). The van der Waals surface area contributed by atoms with Gasteiger partial charge < -0.3 is 15.4 Å². The second-order valence-electron chi connectivity index (χ2n) is 7.89. The lowest BCUT2D eigenvalue weighted by Crippen LogP contribution is -2.50. The number of rotatable bonds is 8. The second-order valence-corrected chi connectivity index (χ2v) is 8.75. The summed E-state index contributed by atoms with van der Waals surface area (Å²) in [6.07, 6.45) is 3.57. The predicted octanol–water partition coefficient (Wildman–Crippen LogP) is 4.65. The smallest absolute Gasteiger partial charge is 0.408 e. The van der Waals surface area contributed by atoms with Crippen molar-refractivity contribution in [3.05, 3.63) is 58.4 Å². The van der Waals surface area contributed by atoms with E-state index in [1.54, 1.807) is 0 Å². The zero-order valence-electron chi connectivity index (χ0n) is 16.3. The number of ether oxygens (including phenoxy) is 1. The molecule has 0 radical (unpaired) electrons. The lowest BCUT2D eigenvalue weighted by Gasteiger charge is -2.27. The molecule has 30 heavy (non-hydrogen) atoms. The van der Waals surface area contributed by atoms with Crippen molar-refractivity contribution < 1.29 is 18.7 Å². The van der Waals surface area contributed by atoms with Crippen LogP contribution < -0.4 is 10.6 Å². The van der Waals surface area contributed by atoms with Gasteiger partial charge in [-0.15, -0.1) is 0 Å². The van der Waals surface area contributed by atoms with Crippen LogP contribution in [0.5, 0.6) is 0 Å². The SMILES string of the molecule is O=C(N[C@H](C(=O)Nc1ccc(Br)c(F)n1)C(C1CC1)C1CC1)OCc1ccccc1. The average molecular weight is 476 g/mol. The molecule has 158 valence electrons. The molecule has 2 N–H and O–H groups in total. The lowest BCUT2D eigenvalue weighted by molar-refractivity contribution is -0.119. The van der Waals surface area contributed by atoms with Crippen LogP contribution in [0.15, 0.2) is 46.9 Å². The van der Waals surface area contributed by atoms with Gasteiger partial charge in [-0.2, -0.15) is 4.39 Å². The summed E-state index contributed by atoms with van der Waals surface area (Å²) < 4.78 is 19.3. The Balaban J connectivity index is 1.45. The number of hydrogen-bond acceptors (Lipinski definition) is 4. The van der Waals surface area contributed by atoms with Crippen LogP contribution in [0.25, 0.3) is 0 Å². The van der Waals surface area contributed by atoms with E-state index in [0.29, 0.717) is 11.8 Å². The maximum atomic E-state index is 13.7. The molecule has 2 aliphatic carbocycles. The van der Waals surface area contributed by atoms with Crippen molar-refractivity contribution in [2.45, 2.75) is 38.3 Å². The normalized spacial score (nSPS) is 16.8. The summed E-state index contributed by atoms with van der Waals surface area (Å²) in [5.41, 5.74) is 0.865. The Kier molecular flexibility index (Phi) is 6.32. The topological polar surface area (TPSA) is 80.3 Å². The Hall–Kier alpha value is -2.48. The molecule has 1 aromatic heterocycles. The molecule has 2 fully saturated rings. The van der Waals surface area contributed by atoms with Crippen LogP contribution >= 0.6 is 15.9 Å². The van der Waals surface area contributed by atoms with Crippen molar-refractivity contribution in [1.82, 2.24) is 10.3 Å². The van der Waals surface area contributed by atoms with Crippen molar-refractivity contribution in [3.8, 4) is 0 Å². The van der Waals surface area contributed by atoms with Crippen LogP contribution in [0, 0.1) is 23.7 Å². The van der Waals surface area contributed by atoms with E-state index in [9.17, 15) is 14.0 Å². The summed E-state index contributed by atoms with van der Waals surface area (Å²) in [5, 5.41) is 5.43. The van der Waals surface area contributed by atoms with Gasteiger partial charge in [-0.3, -0.25) is 4.79 Å². The van der Waals surface area contributed by atoms with Crippen LogP contribution in [0.4, 0.5) is 15.0 Å². The van der Waals surface area contributed by atoms with Gasteiger partial charge in [-0.25, -0.2) is 9.78 Å². The van der Waals surface area contributed by atoms with E-state index in [4.69, 9.17) is 4.74 Å². The predicted molar refractivity (Wildman–Crippen MR) is 113 cm³/mol. The zero-order valence-corrected chi connectivity index (χ0v) is 17.9. The molecule has 8 heteroatoms. The highest BCUT2D eigenvalue weighted by Crippen LogP contribution is 2.50. The summed E-state index contributed by atoms with van der Waals surface area (Å²) in [4.78, 5) is 29.3. The molecule has 0 spiro atoms. The Morgan fingerprint density at radius 2 is 1.77 bits per heavy atom. The maximum absolute atomic E-state index is 13.7. The molecule has 1 atom stereocenters. The van der Waals surface area contributed by atoms with Gasteiger partial charge >= 0.3 is 6.09 Å². The van der Waals surface area contributed by atoms with Crippen LogP contribution in [-0.4, -0.2) is 23.0 Å². The number of amides is 2. The van der Waals surface area contributed by atoms with Crippen LogP contribution in [0.3, 0.4) is 0 Å². The fourth-order valence-corrected chi connectivity index (χ4v) is 4.03. The quantitative estimate of drug-likeness (QED) is 0.544. The molecular weight excluding hydrogens is 453 g/mol. The third-order valence-electron chi connectivity index (χ3n) is 5.54. The molecule has 0 unspecified atom stereocenters. The van der Waals surface area contributed by atoms with Gasteiger partial charge in [0.1, 0.15) is 18.5 Å². The highest BCUT2D eigenvalue weighted by atomic mass is 79.9. The summed E-state index contributed by atoms with van der Waals surface area (Å²) in [6.45, 7) is 0.123. The summed E-state index contributed by atoms with van der Waals surface area (Å²) in [6, 6.07) is 11.6. The highest BCUT2D eigenvalue weighted by Gasteiger charge is 2.48. The number of carbonyl (C=O) groups excluding carboxylic acids is 2. The minimum atomic E-state index is -0.748. The van der Waals surface area contributed by atoms with Gasteiger partial charge in [-0.1, -0.05) is 30.3 Å². The number of aromatic nitrogens is 1. The Morgan fingerprint density at radius 3 is 2.37 bits per heavy atom. The van der Waals surface area contributed by atoms with Crippen LogP contribution in [0.2, 0.25) is 0 Å². The molecule has 2 amide bonds. The van der Waals surface area contributed by atoms with E-state index in [2.05, 4.69) is 31.5 Å². The van der Waals surface area contributed by atoms with E-state index in [-0.39, 0.29) is 22.8 Å². The fraction of sp³-hybridized carbons (Fsp3) is 0.409. The summed E-state index contributed by atoms with van der Waals surface area (Å²) >= 11 is 3.05. The van der Waals surface area contributed by atoms with Gasteiger partial charge in [0.25, 0.3) is 0 Å². The molecular formula is C22H23BrFN3O3. The van der Waals surface area contributed by atoms with E-state index in [0.717, 1.165) is 31.2 Å². The lowest BCUT2D eigenvalue weighted by atomic mass is 9.89. The first-order chi connectivity index (χ1) is 14.5. The van der Waals surface area contributed by atoms with Crippen molar-refractivity contribution in [2.75, 3.05) is 5.32 Å². The standard InChI is InChI=1S/C22H23BrFN3O3/c23-16-10-11-17(25-20(16)24)26-21(28)19(18(14-6-7-14)15-8-9-15)27-22(29)30-12-13-4-2-1-3-5-13/h1-5,10-11,14-15,18-19H,6-9,12H2,(H,27,29)(H,25,26,28)/t19-/m0/s1. The molecule has 1 aromatic carbocycles. The van der Waals surface area contributed by atoms with Crippen LogP contribution in [-0.2, 0) is 16.1 Å². The Bertz CT molecular complexity index is 907. The monoisotopic (exact) mass is 475 g/mol. The van der Waals surface area contributed by atoms with Gasteiger partial charge in [0, 0.05) is 0 Å². The Morgan fingerprint density at radius 1 is 1.10 bits per heavy atom. The van der Waals surface area contributed by atoms with Crippen molar-refractivity contribution in [2.24, 2.45) is 17.8 Å². The van der Waals surface area contributed by atoms with E-state index < -0.39 is 24.0 Å². The number of anilines is 1. The molecule has 6 nitrogen and oxygen atoms in total. The van der Waals surface area contributed by atoms with Gasteiger partial charge in [0.15, 0.2) is 0 Å². The number of pyridine rings is 1. The van der Waals surface area contributed by atoms with Gasteiger partial charge in [-0.05, 0) is 77.1 Å². The molecule has 2 aliphatic rings. The maximum Gasteiger partial charge on any atom is 0.408 e. The van der Waals surface area contributed by atoms with E-state index >= 15 is 0 Å². The minimum Gasteiger partial charge on any atom is -0.445 e. The number of benzene rings is 1. The van der Waals surface area contributed by atoms with Crippen LogP contribution in [0.1, 0.15) is 31.2 Å². The third kappa shape index (κ3) is 5.36. The van der Waals surface area contributed by atoms with Crippen molar-refractivity contribution in [3.63, 3.8) is 0 Å². The summed E-state index contributed by atoms with van der Waals surface area (Å²) in [7, 11) is 0. The molecule has 0 aliphatic heterocycles. The first-order valence-corrected chi connectivity index (χ1v) is 10.9. The zero-order chi connectivity index (χ0) is 21.1. The number of hydrogen-bond donors (Lipinski definition) is 2. The van der Waals surface area contributed by atoms with Gasteiger partial charge in [0.05, 0.1) is 4.47 Å². The van der Waals surface area contributed by atoms with Crippen molar-refractivity contribution >= 4 is 33.7 Å². The molecule has 2 saturated carbocycles. The molecule has 0 saturated heterocycles. The summed E-state index contributed by atoms with van der Waals surface area (Å²) in [5.74, 6) is -0.121. The van der Waals surface area contributed by atoms with Gasteiger partial charge in [0.2, 0.25) is 11.9 Å². The fourth-order valence-electron chi connectivity index (χ4n) is 3.81. The highest BCUT2D eigenvalue weighted by molar-refractivity contribution is 9.10. The average Bonchev–Trinajstić information content (AvgIpc) is 3.64. The Labute approximate surface area is 182 Å². The minimum absolute atomic E-state index is 0.0505. The number of carbonyl (C=O) groups is 2. The molecule has 0 bridgehead atoms.